The summed E-state index contributed by atoms with van der Waals surface area (Å²) in [4.78, 5) is 22.4. The largest absolute Gasteiger partial charge is 0.494 e. The maximum atomic E-state index is 14.4. The number of ether oxygens (including phenoxy) is 2. The van der Waals surface area contributed by atoms with E-state index < -0.39 is 29.2 Å². The van der Waals surface area contributed by atoms with Crippen LogP contribution in [0.5, 0.6) is 5.75 Å². The lowest BCUT2D eigenvalue weighted by Gasteiger charge is -2.31. The number of nitrogens with zero attached hydrogens (tertiary/aromatic N) is 4. The summed E-state index contributed by atoms with van der Waals surface area (Å²) in [5.41, 5.74) is 10.2. The van der Waals surface area contributed by atoms with Crippen molar-refractivity contribution in [3.05, 3.63) is 140 Å². The molecule has 1 heterocycles. The molecule has 0 bridgehead atoms. The summed E-state index contributed by atoms with van der Waals surface area (Å²) in [6.07, 6.45) is -0.273. The second kappa shape index (κ2) is 15.0. The molecule has 12 heteroatoms. The van der Waals surface area contributed by atoms with Gasteiger partial charge in [-0.1, -0.05) is 63.5 Å². The second-order valence-corrected chi connectivity index (χ2v) is 11.4. The van der Waals surface area contributed by atoms with Crippen molar-refractivity contribution < 1.29 is 28.2 Å². The second-order valence-electron chi connectivity index (χ2n) is 10.6. The van der Waals surface area contributed by atoms with Crippen molar-refractivity contribution in [1.29, 1.82) is 0 Å². The van der Waals surface area contributed by atoms with Crippen LogP contribution in [0.15, 0.2) is 106 Å². The highest BCUT2D eigenvalue weighted by Crippen LogP contribution is 2.46. The number of hydrogen-bond acceptors (Lipinski definition) is 6. The van der Waals surface area contributed by atoms with Crippen LogP contribution in [0.2, 0.25) is 0 Å². The van der Waals surface area contributed by atoms with Crippen LogP contribution in [-0.4, -0.2) is 42.2 Å². The number of rotatable bonds is 13. The minimum atomic E-state index is -1.59. The summed E-state index contributed by atoms with van der Waals surface area (Å²) < 4.78 is 40.6. The summed E-state index contributed by atoms with van der Waals surface area (Å²) in [5.74, 6) is -1.11. The Balaban J connectivity index is 1.57. The number of benzene rings is 4. The van der Waals surface area contributed by atoms with Crippen LogP contribution in [0.25, 0.3) is 10.4 Å². The molecule has 9 nitrogen and oxygen atoms in total. The zero-order valence-electron chi connectivity index (χ0n) is 24.6. The van der Waals surface area contributed by atoms with Gasteiger partial charge in [-0.3, -0.25) is 4.79 Å². The van der Waals surface area contributed by atoms with Gasteiger partial charge in [-0.2, -0.15) is 0 Å². The topological polar surface area (TPSA) is 129 Å². The molecule has 46 heavy (non-hydrogen) atoms. The molecule has 0 saturated carbocycles. The zero-order chi connectivity index (χ0) is 32.5. The Hall–Kier alpha value is -4.77. The number of amides is 1. The highest BCUT2D eigenvalue weighted by atomic mass is 79.9. The number of hydrogen-bond donors (Lipinski definition) is 2. The number of halogens is 3. The van der Waals surface area contributed by atoms with Crippen molar-refractivity contribution in [3.8, 4) is 5.75 Å². The van der Waals surface area contributed by atoms with Gasteiger partial charge >= 0.3 is 0 Å². The smallest absolute Gasteiger partial charge is 0.252 e. The third kappa shape index (κ3) is 7.54. The molecule has 0 fully saturated rings. The molecule has 4 aromatic rings. The van der Waals surface area contributed by atoms with Gasteiger partial charge in [0.25, 0.3) is 5.91 Å². The van der Waals surface area contributed by atoms with Gasteiger partial charge in [0.1, 0.15) is 17.4 Å². The first-order valence-electron chi connectivity index (χ1n) is 14.5. The van der Waals surface area contributed by atoms with E-state index in [2.05, 4.69) is 31.3 Å². The molecule has 1 amide bonds. The molecule has 0 saturated heterocycles. The molecule has 4 aromatic carbocycles. The third-order valence-corrected chi connectivity index (χ3v) is 8.21. The average Bonchev–Trinajstić information content (AvgIpc) is 3.43. The van der Waals surface area contributed by atoms with E-state index in [0.717, 1.165) is 16.1 Å². The van der Waals surface area contributed by atoms with Gasteiger partial charge in [0.2, 0.25) is 5.90 Å². The molecule has 1 aliphatic rings. The number of carbonyl (C=O) groups is 1. The summed E-state index contributed by atoms with van der Waals surface area (Å²) in [5, 5.41) is 15.8. The highest BCUT2D eigenvalue weighted by Gasteiger charge is 2.54. The maximum absolute atomic E-state index is 14.4. The average molecular weight is 691 g/mol. The van der Waals surface area contributed by atoms with E-state index in [0.29, 0.717) is 35.5 Å². The molecular weight excluding hydrogens is 660 g/mol. The van der Waals surface area contributed by atoms with Crippen molar-refractivity contribution in [2.45, 2.75) is 30.9 Å². The molecule has 2 atom stereocenters. The van der Waals surface area contributed by atoms with Crippen molar-refractivity contribution in [2.75, 3.05) is 19.8 Å². The lowest BCUT2D eigenvalue weighted by Crippen LogP contribution is -2.50. The standard InChI is InChI=1S/C34H30BrF2N5O4/c35-29-8-3-1-6-24(29)21-34(33(44)39-15-14-22-18-25(36)20-26(37)19-22)31(28-7-2-4-9-30(28)41-42-38)46-32(40-34)23-10-12-27(13-11-23)45-17-5-16-43/h1-4,6-13,18-20,31,43H,5,14-17,21H2,(H,39,44)/t31-,34-/m1/s1. The maximum Gasteiger partial charge on any atom is 0.252 e. The minimum absolute atomic E-state index is 0.0161. The lowest BCUT2D eigenvalue weighted by atomic mass is 9.81. The summed E-state index contributed by atoms with van der Waals surface area (Å²) in [6.45, 7) is 0.431. The summed E-state index contributed by atoms with van der Waals surface area (Å²) >= 11 is 3.59. The monoisotopic (exact) mass is 689 g/mol. The molecule has 0 spiro atoms. The number of aliphatic hydroxyl groups is 1. The van der Waals surface area contributed by atoms with Gasteiger partial charge < -0.3 is 19.9 Å². The van der Waals surface area contributed by atoms with E-state index in [-0.39, 0.29) is 37.6 Å². The van der Waals surface area contributed by atoms with E-state index in [4.69, 9.17) is 19.6 Å². The van der Waals surface area contributed by atoms with Gasteiger partial charge in [0.15, 0.2) is 11.6 Å². The number of carbonyl (C=O) groups excluding carboxylic acids is 1. The molecule has 236 valence electrons. The predicted octanol–water partition coefficient (Wildman–Crippen LogP) is 7.29. The normalized spacial score (nSPS) is 17.0. The molecule has 0 aromatic heterocycles. The Morgan fingerprint density at radius 2 is 1.78 bits per heavy atom. The van der Waals surface area contributed by atoms with E-state index in [1.165, 1.54) is 12.1 Å². The van der Waals surface area contributed by atoms with Crippen LogP contribution in [-0.2, 0) is 22.4 Å². The van der Waals surface area contributed by atoms with Crippen molar-refractivity contribution in [3.63, 3.8) is 0 Å². The first-order chi connectivity index (χ1) is 22.3. The number of aliphatic imine (C=N–C) groups is 1. The van der Waals surface area contributed by atoms with Crippen molar-refractivity contribution in [1.82, 2.24) is 5.32 Å². The van der Waals surface area contributed by atoms with E-state index >= 15 is 0 Å². The molecule has 1 aliphatic heterocycles. The molecular formula is C34H30BrF2N5O4. The Kier molecular flexibility index (Phi) is 10.6. The Bertz CT molecular complexity index is 1760. The quantitative estimate of drug-likeness (QED) is 0.0661. The first-order valence-corrected chi connectivity index (χ1v) is 15.3. The number of aliphatic hydroxyl groups excluding tert-OH is 1. The van der Waals surface area contributed by atoms with Crippen molar-refractivity contribution >= 4 is 33.4 Å². The molecule has 2 N–H and O–H groups in total. The van der Waals surface area contributed by atoms with Gasteiger partial charge in [-0.05, 0) is 65.5 Å². The van der Waals surface area contributed by atoms with Gasteiger partial charge in [0.05, 0.1) is 6.61 Å². The van der Waals surface area contributed by atoms with Gasteiger partial charge in [-0.25, -0.2) is 13.8 Å². The third-order valence-electron chi connectivity index (χ3n) is 7.44. The van der Waals surface area contributed by atoms with Crippen LogP contribution in [0.1, 0.15) is 34.8 Å². The van der Waals surface area contributed by atoms with Crippen LogP contribution in [0.4, 0.5) is 14.5 Å². The fourth-order valence-electron chi connectivity index (χ4n) is 5.27. The van der Waals surface area contributed by atoms with E-state index in [9.17, 15) is 19.1 Å². The molecule has 5 rings (SSSR count). The van der Waals surface area contributed by atoms with E-state index in [1.807, 2.05) is 24.3 Å². The van der Waals surface area contributed by atoms with Gasteiger partial charge in [0, 0.05) is 58.3 Å². The Morgan fingerprint density at radius 3 is 2.50 bits per heavy atom. The highest BCUT2D eigenvalue weighted by molar-refractivity contribution is 9.10. The predicted molar refractivity (Wildman–Crippen MR) is 173 cm³/mol. The van der Waals surface area contributed by atoms with Crippen LogP contribution >= 0.6 is 15.9 Å². The Labute approximate surface area is 272 Å². The SMILES string of the molecule is [N-]=[N+]=Nc1ccccc1[C@H]1OC(c2ccc(OCCCO)cc2)=N[C@@]1(Cc1ccccc1Br)C(=O)NCCc1cc(F)cc(F)c1. The minimum Gasteiger partial charge on any atom is -0.494 e. The molecule has 0 aliphatic carbocycles. The van der Waals surface area contributed by atoms with Crippen LogP contribution < -0.4 is 10.1 Å². The molecule has 0 radical (unpaired) electrons. The summed E-state index contributed by atoms with van der Waals surface area (Å²) in [6, 6.07) is 24.5. The fourth-order valence-corrected chi connectivity index (χ4v) is 5.69. The van der Waals surface area contributed by atoms with Crippen LogP contribution in [0.3, 0.4) is 0 Å². The molecule has 0 unspecified atom stereocenters. The fraction of sp³-hybridized carbons (Fsp3) is 0.235. The lowest BCUT2D eigenvalue weighted by molar-refractivity contribution is -0.128. The summed E-state index contributed by atoms with van der Waals surface area (Å²) in [7, 11) is 0. The number of nitrogens with one attached hydrogen (secondary N) is 1. The zero-order valence-corrected chi connectivity index (χ0v) is 26.2. The Morgan fingerprint density at radius 1 is 1.07 bits per heavy atom. The van der Waals surface area contributed by atoms with Crippen LogP contribution in [0, 0.1) is 11.6 Å². The van der Waals surface area contributed by atoms with E-state index in [1.54, 1.807) is 48.5 Å². The van der Waals surface area contributed by atoms with Gasteiger partial charge in [-0.15, -0.1) is 0 Å². The van der Waals surface area contributed by atoms with Crippen molar-refractivity contribution in [2.24, 2.45) is 10.1 Å². The first kappa shape index (κ1) is 32.6. The number of azide groups is 1.